The normalized spacial score (nSPS) is 10.8. The smallest absolute Gasteiger partial charge is 0.300 e. The topological polar surface area (TPSA) is 67.8 Å². The molecule has 0 spiro atoms. The first-order chi connectivity index (χ1) is 8.61. The minimum atomic E-state index is -0.348. The molecule has 2 aromatic rings. The highest BCUT2D eigenvalue weighted by molar-refractivity contribution is 7.09. The lowest BCUT2D eigenvalue weighted by molar-refractivity contribution is 0.639. The first kappa shape index (κ1) is 12.8. The second-order valence-electron chi connectivity index (χ2n) is 4.07. The Morgan fingerprint density at radius 2 is 2.22 bits per heavy atom. The lowest BCUT2D eigenvalue weighted by Gasteiger charge is -2.06. The molecule has 0 aliphatic carbocycles. The Balaban J connectivity index is 2.22. The van der Waals surface area contributed by atoms with Crippen molar-refractivity contribution >= 4 is 11.3 Å². The molecule has 2 aromatic heterocycles. The minimum Gasteiger partial charge on any atom is -0.300 e. The maximum atomic E-state index is 11.6. The molecule has 0 fully saturated rings. The monoisotopic (exact) mass is 265 g/mol. The third kappa shape index (κ3) is 2.59. The molecule has 0 saturated carbocycles. The summed E-state index contributed by atoms with van der Waals surface area (Å²) in [6, 6.07) is 0. The molecule has 0 aliphatic heterocycles. The number of aromatic amines is 1. The van der Waals surface area contributed by atoms with E-state index in [-0.39, 0.29) is 11.2 Å². The molecule has 18 heavy (non-hydrogen) atoms. The SMILES string of the molecule is CCc1cn(CCc2scnc2C)c(=O)[nH]c1=O. The molecule has 0 unspecified atom stereocenters. The van der Waals surface area contributed by atoms with Gasteiger partial charge in [0, 0.05) is 29.6 Å². The van der Waals surface area contributed by atoms with E-state index in [4.69, 9.17) is 0 Å². The van der Waals surface area contributed by atoms with Gasteiger partial charge in [0.25, 0.3) is 5.56 Å². The van der Waals surface area contributed by atoms with Gasteiger partial charge in [0.15, 0.2) is 0 Å². The third-order valence-corrected chi connectivity index (χ3v) is 3.89. The van der Waals surface area contributed by atoms with Crippen molar-refractivity contribution in [3.63, 3.8) is 0 Å². The predicted molar refractivity (Wildman–Crippen MR) is 71.3 cm³/mol. The predicted octanol–water partition coefficient (Wildman–Crippen LogP) is 1.11. The molecular weight excluding hydrogens is 250 g/mol. The summed E-state index contributed by atoms with van der Waals surface area (Å²) in [5.74, 6) is 0. The summed E-state index contributed by atoms with van der Waals surface area (Å²) in [7, 11) is 0. The standard InChI is InChI=1S/C12H15N3O2S/c1-3-9-6-15(12(17)14-11(9)16)5-4-10-8(2)13-7-18-10/h6-7H,3-5H2,1-2H3,(H,14,16,17). The first-order valence-corrected chi connectivity index (χ1v) is 6.71. The van der Waals surface area contributed by atoms with Crippen molar-refractivity contribution < 1.29 is 0 Å². The van der Waals surface area contributed by atoms with Crippen molar-refractivity contribution in [2.45, 2.75) is 33.2 Å². The van der Waals surface area contributed by atoms with E-state index in [1.165, 1.54) is 4.88 Å². The lowest BCUT2D eigenvalue weighted by Crippen LogP contribution is -2.32. The van der Waals surface area contributed by atoms with E-state index in [0.717, 1.165) is 12.1 Å². The van der Waals surface area contributed by atoms with Crippen LogP contribution in [-0.2, 0) is 19.4 Å². The average molecular weight is 265 g/mol. The first-order valence-electron chi connectivity index (χ1n) is 5.83. The molecule has 0 radical (unpaired) electrons. The summed E-state index contributed by atoms with van der Waals surface area (Å²) < 4.78 is 1.55. The highest BCUT2D eigenvalue weighted by Gasteiger charge is 2.05. The van der Waals surface area contributed by atoms with Gasteiger partial charge in [0.2, 0.25) is 0 Å². The van der Waals surface area contributed by atoms with Crippen LogP contribution in [0, 0.1) is 6.92 Å². The van der Waals surface area contributed by atoms with Crippen LogP contribution >= 0.6 is 11.3 Å². The maximum Gasteiger partial charge on any atom is 0.328 e. The highest BCUT2D eigenvalue weighted by Crippen LogP contribution is 2.13. The molecule has 96 valence electrons. The number of aryl methyl sites for hydroxylation is 4. The van der Waals surface area contributed by atoms with Crippen molar-refractivity contribution in [1.82, 2.24) is 14.5 Å². The van der Waals surface area contributed by atoms with Crippen molar-refractivity contribution in [2.24, 2.45) is 0 Å². The van der Waals surface area contributed by atoms with Crippen LogP contribution in [0.15, 0.2) is 21.3 Å². The largest absolute Gasteiger partial charge is 0.328 e. The van der Waals surface area contributed by atoms with Crippen LogP contribution in [0.1, 0.15) is 23.1 Å². The molecule has 2 rings (SSSR count). The van der Waals surface area contributed by atoms with E-state index < -0.39 is 0 Å². The molecule has 6 heteroatoms. The summed E-state index contributed by atoms with van der Waals surface area (Å²) in [4.78, 5) is 30.8. The molecule has 1 N–H and O–H groups in total. The molecule has 2 heterocycles. The molecule has 0 bridgehead atoms. The van der Waals surface area contributed by atoms with Crippen LogP contribution in [0.5, 0.6) is 0 Å². The molecule has 5 nitrogen and oxygen atoms in total. The number of aromatic nitrogens is 3. The van der Waals surface area contributed by atoms with Gasteiger partial charge in [-0.3, -0.25) is 14.3 Å². The Morgan fingerprint density at radius 1 is 1.44 bits per heavy atom. The van der Waals surface area contributed by atoms with Gasteiger partial charge in [-0.15, -0.1) is 11.3 Å². The van der Waals surface area contributed by atoms with Gasteiger partial charge in [-0.05, 0) is 13.3 Å². The zero-order valence-corrected chi connectivity index (χ0v) is 11.2. The quantitative estimate of drug-likeness (QED) is 0.900. The summed E-state index contributed by atoms with van der Waals surface area (Å²) in [5, 5.41) is 0. The van der Waals surface area contributed by atoms with Gasteiger partial charge in [0.1, 0.15) is 0 Å². The number of nitrogens with one attached hydrogen (secondary N) is 1. The summed E-state index contributed by atoms with van der Waals surface area (Å²) in [5.41, 5.74) is 2.81. The van der Waals surface area contributed by atoms with Crippen LogP contribution in [0.4, 0.5) is 0 Å². The zero-order chi connectivity index (χ0) is 13.1. The van der Waals surface area contributed by atoms with Crippen LogP contribution in [0.3, 0.4) is 0 Å². The average Bonchev–Trinajstić information content (AvgIpc) is 2.74. The molecule has 0 aromatic carbocycles. The van der Waals surface area contributed by atoms with Crippen molar-refractivity contribution in [3.05, 3.63) is 48.7 Å². The van der Waals surface area contributed by atoms with Crippen molar-refractivity contribution in [2.75, 3.05) is 0 Å². The van der Waals surface area contributed by atoms with E-state index >= 15 is 0 Å². The molecular formula is C12H15N3O2S. The molecule has 0 atom stereocenters. The van der Waals surface area contributed by atoms with Gasteiger partial charge in [-0.2, -0.15) is 0 Å². The third-order valence-electron chi connectivity index (χ3n) is 2.89. The van der Waals surface area contributed by atoms with Crippen LogP contribution < -0.4 is 11.2 Å². The van der Waals surface area contributed by atoms with E-state index in [2.05, 4.69) is 9.97 Å². The summed E-state index contributed by atoms with van der Waals surface area (Å²) in [6.45, 7) is 4.41. The number of rotatable bonds is 4. The summed E-state index contributed by atoms with van der Waals surface area (Å²) in [6.07, 6.45) is 3.03. The van der Waals surface area contributed by atoms with Crippen molar-refractivity contribution in [1.29, 1.82) is 0 Å². The van der Waals surface area contributed by atoms with E-state index in [1.54, 1.807) is 27.6 Å². The Bertz CT molecular complexity index is 654. The fourth-order valence-corrected chi connectivity index (χ4v) is 2.53. The lowest BCUT2D eigenvalue weighted by atomic mass is 10.2. The van der Waals surface area contributed by atoms with E-state index in [1.807, 2.05) is 13.8 Å². The fourth-order valence-electron chi connectivity index (χ4n) is 1.76. The van der Waals surface area contributed by atoms with Crippen molar-refractivity contribution in [3.8, 4) is 0 Å². The number of thiazole rings is 1. The zero-order valence-electron chi connectivity index (χ0n) is 10.4. The fraction of sp³-hybridized carbons (Fsp3) is 0.417. The summed E-state index contributed by atoms with van der Waals surface area (Å²) >= 11 is 1.59. The second kappa shape index (κ2) is 5.30. The number of nitrogens with zero attached hydrogens (tertiary/aromatic N) is 2. The molecule has 0 saturated heterocycles. The highest BCUT2D eigenvalue weighted by atomic mass is 32.1. The van der Waals surface area contributed by atoms with Crippen LogP contribution in [0.2, 0.25) is 0 Å². The Hall–Kier alpha value is -1.69. The van der Waals surface area contributed by atoms with Gasteiger partial charge in [0.05, 0.1) is 11.2 Å². The number of hydrogen-bond acceptors (Lipinski definition) is 4. The maximum absolute atomic E-state index is 11.6. The van der Waals surface area contributed by atoms with Gasteiger partial charge in [-0.25, -0.2) is 9.78 Å². The number of H-pyrrole nitrogens is 1. The van der Waals surface area contributed by atoms with Gasteiger partial charge in [-0.1, -0.05) is 6.92 Å². The Kier molecular flexibility index (Phi) is 3.76. The molecule has 0 aliphatic rings. The molecule has 0 amide bonds. The number of hydrogen-bond donors (Lipinski definition) is 1. The van der Waals surface area contributed by atoms with E-state index in [0.29, 0.717) is 18.5 Å². The Morgan fingerprint density at radius 3 is 2.83 bits per heavy atom. The van der Waals surface area contributed by atoms with Gasteiger partial charge >= 0.3 is 5.69 Å². The second-order valence-corrected chi connectivity index (χ2v) is 5.01. The van der Waals surface area contributed by atoms with Crippen LogP contribution in [0.25, 0.3) is 0 Å². The minimum absolute atomic E-state index is 0.285. The van der Waals surface area contributed by atoms with Crippen LogP contribution in [-0.4, -0.2) is 14.5 Å². The van der Waals surface area contributed by atoms with Gasteiger partial charge < -0.3 is 0 Å². The van der Waals surface area contributed by atoms with E-state index in [9.17, 15) is 9.59 Å². The Labute approximate surface area is 108 Å².